The van der Waals surface area contributed by atoms with Crippen molar-refractivity contribution in [2.24, 2.45) is 5.92 Å². The summed E-state index contributed by atoms with van der Waals surface area (Å²) in [5, 5.41) is 5.57. The van der Waals surface area contributed by atoms with Crippen molar-refractivity contribution in [3.63, 3.8) is 0 Å². The van der Waals surface area contributed by atoms with Crippen LogP contribution < -0.4 is 0 Å². The van der Waals surface area contributed by atoms with Crippen LogP contribution in [0.25, 0.3) is 21.5 Å². The second-order valence-electron chi connectivity index (χ2n) is 13.5. The molecule has 0 unspecified atom stereocenters. The largest absolute Gasteiger partial charge is 0.0630 e. The van der Waals surface area contributed by atoms with E-state index in [-0.39, 0.29) is 5.41 Å². The minimum absolute atomic E-state index is 0.101. The summed E-state index contributed by atoms with van der Waals surface area (Å²) in [4.78, 5) is 0. The third kappa shape index (κ3) is 6.67. The highest BCUT2D eigenvalue weighted by molar-refractivity contribution is 6.06. The van der Waals surface area contributed by atoms with E-state index in [1.807, 2.05) is 0 Å². The van der Waals surface area contributed by atoms with Gasteiger partial charge in [-0.25, -0.2) is 0 Å². The normalized spacial score (nSPS) is 11.7. The lowest BCUT2D eigenvalue weighted by molar-refractivity contribution is 0.591. The van der Waals surface area contributed by atoms with Crippen LogP contribution in [0.3, 0.4) is 0 Å². The van der Waals surface area contributed by atoms with Gasteiger partial charge < -0.3 is 0 Å². The van der Waals surface area contributed by atoms with Crippen LogP contribution in [0.1, 0.15) is 91.6 Å². The molecule has 0 spiro atoms. The number of fused-ring (bicyclic) bond motifs is 2. The fourth-order valence-electron chi connectivity index (χ4n) is 5.57. The Hall–Kier alpha value is -3.38. The molecule has 0 heterocycles. The quantitative estimate of drug-likeness (QED) is 0.203. The number of aryl methyl sites for hydroxylation is 4. The van der Waals surface area contributed by atoms with E-state index in [2.05, 4.69) is 148 Å². The molecule has 0 fully saturated rings. The number of benzene rings is 5. The van der Waals surface area contributed by atoms with Crippen LogP contribution in [0.4, 0.5) is 0 Å². The number of hydrogen-bond acceptors (Lipinski definition) is 0. The molecule has 0 aliphatic rings. The Bertz CT molecular complexity index is 1640. The van der Waals surface area contributed by atoms with Crippen LogP contribution >= 0.6 is 0 Å². The Labute approximate surface area is 243 Å². The summed E-state index contributed by atoms with van der Waals surface area (Å²) >= 11 is 0. The van der Waals surface area contributed by atoms with Crippen LogP contribution in [-0.2, 0) is 18.3 Å². The molecule has 0 bridgehead atoms. The maximum absolute atomic E-state index is 2.48. The van der Waals surface area contributed by atoms with Crippen LogP contribution in [0.15, 0.2) is 78.9 Å². The first-order valence-corrected chi connectivity index (χ1v) is 14.9. The lowest BCUT2D eigenvalue weighted by Gasteiger charge is -2.23. The maximum atomic E-state index is 2.48. The van der Waals surface area contributed by atoms with Crippen LogP contribution in [0, 0.1) is 33.6 Å². The minimum atomic E-state index is 0.101. The van der Waals surface area contributed by atoms with Crippen molar-refractivity contribution in [2.75, 3.05) is 0 Å². The van der Waals surface area contributed by atoms with Gasteiger partial charge in [-0.15, -0.1) is 0 Å². The van der Waals surface area contributed by atoms with Gasteiger partial charge in [-0.2, -0.15) is 0 Å². The maximum Gasteiger partial charge on any atom is -0.00107 e. The highest BCUT2D eigenvalue weighted by atomic mass is 14.2. The fraction of sp³-hybridized carbons (Fsp3) is 0.350. The molecule has 0 heteroatoms. The first-order valence-electron chi connectivity index (χ1n) is 14.9. The molecule has 5 aromatic rings. The second-order valence-corrected chi connectivity index (χ2v) is 13.5. The van der Waals surface area contributed by atoms with Crippen molar-refractivity contribution < 1.29 is 0 Å². The van der Waals surface area contributed by atoms with Crippen LogP contribution in [0.2, 0.25) is 0 Å². The summed E-state index contributed by atoms with van der Waals surface area (Å²) in [6.07, 6.45) is 1.89. The van der Waals surface area contributed by atoms with E-state index < -0.39 is 0 Å². The van der Waals surface area contributed by atoms with Crippen molar-refractivity contribution in [1.82, 2.24) is 0 Å². The molecule has 208 valence electrons. The van der Waals surface area contributed by atoms with Gasteiger partial charge in [-0.05, 0) is 112 Å². The number of hydrogen-bond donors (Lipinski definition) is 0. The van der Waals surface area contributed by atoms with Crippen molar-refractivity contribution >= 4 is 21.5 Å². The zero-order valence-electron chi connectivity index (χ0n) is 26.5. The molecule has 0 aromatic heterocycles. The summed E-state index contributed by atoms with van der Waals surface area (Å²) in [6.45, 7) is 22.3. The predicted octanol–water partition coefficient (Wildman–Crippen LogP) is 11.4. The van der Waals surface area contributed by atoms with E-state index in [1.165, 1.54) is 71.6 Å². The first-order chi connectivity index (χ1) is 18.8. The topological polar surface area (TPSA) is 0 Å². The average Bonchev–Trinajstić information content (AvgIpc) is 2.88. The molecule has 0 N–H and O–H groups in total. The zero-order valence-corrected chi connectivity index (χ0v) is 26.5. The molecule has 5 rings (SSSR count). The van der Waals surface area contributed by atoms with Crippen LogP contribution in [0.5, 0.6) is 0 Å². The van der Waals surface area contributed by atoms with Gasteiger partial charge >= 0.3 is 0 Å². The summed E-state index contributed by atoms with van der Waals surface area (Å²) in [5.74, 6) is 0.833. The highest BCUT2D eigenvalue weighted by Gasteiger charge is 2.20. The molecule has 0 nitrogen and oxygen atoms in total. The Morgan fingerprint density at radius 2 is 0.950 bits per heavy atom. The summed E-state index contributed by atoms with van der Waals surface area (Å²) in [6, 6.07) is 30.0. The van der Waals surface area contributed by atoms with E-state index in [1.54, 1.807) is 0 Å². The second kappa shape index (κ2) is 12.0. The first kappa shape index (κ1) is 29.6. The smallest absolute Gasteiger partial charge is 0.00107 e. The standard InChI is InChI=1S/C36H38.C4H10/c1-23-12-14-25(3)27(18-23)20-33-30-10-8-9-11-31(30)34(21-28-19-24(2)13-15-26(28)4)35-22-29(36(5,6)7)16-17-32(33)35;1-4(2)3/h8-19,22H,20-21H2,1-7H3;4H,1-3H3. The molecule has 5 aromatic carbocycles. The van der Waals surface area contributed by atoms with E-state index in [4.69, 9.17) is 0 Å². The van der Waals surface area contributed by atoms with Crippen molar-refractivity contribution in [3.05, 3.63) is 129 Å². The monoisotopic (exact) mass is 528 g/mol. The van der Waals surface area contributed by atoms with Gasteiger partial charge in [-0.3, -0.25) is 0 Å². The number of rotatable bonds is 4. The average molecular weight is 529 g/mol. The molecule has 0 aliphatic heterocycles. The van der Waals surface area contributed by atoms with Gasteiger partial charge in [-0.1, -0.05) is 132 Å². The molecule has 0 saturated carbocycles. The molecule has 0 atom stereocenters. The Balaban J connectivity index is 0.000000867. The van der Waals surface area contributed by atoms with Gasteiger partial charge in [0.2, 0.25) is 0 Å². The van der Waals surface area contributed by atoms with Crippen LogP contribution in [-0.4, -0.2) is 0 Å². The van der Waals surface area contributed by atoms with Crippen molar-refractivity contribution in [2.45, 2.75) is 87.5 Å². The van der Waals surface area contributed by atoms with E-state index in [0.29, 0.717) is 0 Å². The van der Waals surface area contributed by atoms with Gasteiger partial charge in [0.15, 0.2) is 0 Å². The molecular formula is C40H48. The predicted molar refractivity (Wildman–Crippen MR) is 178 cm³/mol. The van der Waals surface area contributed by atoms with Gasteiger partial charge in [0.25, 0.3) is 0 Å². The summed E-state index contributed by atoms with van der Waals surface area (Å²) in [7, 11) is 0. The SMILES string of the molecule is CC(C)C.Cc1ccc(C)c(Cc2c3ccccc3c(Cc3cc(C)ccc3C)c3cc(C(C)(C)C)ccc23)c1. The lowest BCUT2D eigenvalue weighted by atomic mass is 9.81. The summed E-state index contributed by atoms with van der Waals surface area (Å²) < 4.78 is 0. The molecule has 0 aliphatic carbocycles. The molecule has 40 heavy (non-hydrogen) atoms. The third-order valence-corrected chi connectivity index (χ3v) is 7.86. The van der Waals surface area contributed by atoms with Crippen molar-refractivity contribution in [1.29, 1.82) is 0 Å². The minimum Gasteiger partial charge on any atom is -0.0630 e. The highest BCUT2D eigenvalue weighted by Crippen LogP contribution is 2.38. The lowest BCUT2D eigenvalue weighted by Crippen LogP contribution is -2.11. The Kier molecular flexibility index (Phi) is 8.89. The molecule has 0 amide bonds. The van der Waals surface area contributed by atoms with Gasteiger partial charge in [0.05, 0.1) is 0 Å². The van der Waals surface area contributed by atoms with Gasteiger partial charge in [0, 0.05) is 0 Å². The molecule has 0 saturated heterocycles. The summed E-state index contributed by atoms with van der Waals surface area (Å²) in [5.41, 5.74) is 12.6. The Morgan fingerprint density at radius 3 is 1.40 bits per heavy atom. The third-order valence-electron chi connectivity index (χ3n) is 7.86. The van der Waals surface area contributed by atoms with E-state index in [0.717, 1.165) is 18.8 Å². The zero-order chi connectivity index (χ0) is 29.2. The van der Waals surface area contributed by atoms with E-state index >= 15 is 0 Å². The van der Waals surface area contributed by atoms with Crippen molar-refractivity contribution in [3.8, 4) is 0 Å². The van der Waals surface area contributed by atoms with Gasteiger partial charge in [0.1, 0.15) is 0 Å². The fourth-order valence-corrected chi connectivity index (χ4v) is 5.57. The Morgan fingerprint density at radius 1 is 0.525 bits per heavy atom. The molecular weight excluding hydrogens is 480 g/mol. The molecule has 0 radical (unpaired) electrons. The van der Waals surface area contributed by atoms with E-state index in [9.17, 15) is 0 Å².